The van der Waals surface area contributed by atoms with E-state index in [-0.39, 0.29) is 11.8 Å². The number of alkyl halides is 1. The molecule has 0 radical (unpaired) electrons. The molecule has 2 nitrogen and oxygen atoms in total. The summed E-state index contributed by atoms with van der Waals surface area (Å²) < 4.78 is 13.0. The smallest absolute Gasteiger partial charge is 0.246 e. The third-order valence-electron chi connectivity index (χ3n) is 4.15. The molecule has 5 heteroatoms. The Bertz CT molecular complexity index is 755. The van der Waals surface area contributed by atoms with Gasteiger partial charge in [-0.25, -0.2) is 4.39 Å². The molecule has 2 heterocycles. The van der Waals surface area contributed by atoms with Crippen molar-refractivity contribution in [3.05, 3.63) is 68.4 Å². The normalized spacial score (nSPS) is 17.5. The van der Waals surface area contributed by atoms with Gasteiger partial charge < -0.3 is 4.90 Å². The SMILES string of the molecule is Cc1ccccc1C1CN(C(=O)C=CCF)Cc2sc(Cl)cc21. The molecule has 0 spiro atoms. The predicted molar refractivity (Wildman–Crippen MR) is 92.9 cm³/mol. The third-order valence-corrected chi connectivity index (χ3v) is 5.41. The van der Waals surface area contributed by atoms with Gasteiger partial charge in [0, 0.05) is 23.4 Å². The lowest BCUT2D eigenvalue weighted by molar-refractivity contribution is -0.127. The van der Waals surface area contributed by atoms with Crippen molar-refractivity contribution in [3.8, 4) is 0 Å². The lowest BCUT2D eigenvalue weighted by atomic mass is 9.86. The Kier molecular flexibility index (Phi) is 4.83. The predicted octanol–water partition coefficient (Wildman–Crippen LogP) is 4.71. The average molecular weight is 350 g/mol. The van der Waals surface area contributed by atoms with Crippen LogP contribution in [0.2, 0.25) is 4.34 Å². The Morgan fingerprint density at radius 1 is 1.43 bits per heavy atom. The van der Waals surface area contributed by atoms with E-state index < -0.39 is 6.67 Å². The number of allylic oxidation sites excluding steroid dienone is 1. The maximum Gasteiger partial charge on any atom is 0.246 e. The number of fused-ring (bicyclic) bond motifs is 1. The first-order valence-electron chi connectivity index (χ1n) is 7.45. The van der Waals surface area contributed by atoms with Crippen LogP contribution in [0.25, 0.3) is 0 Å². The second-order valence-corrected chi connectivity index (χ2v) is 7.38. The van der Waals surface area contributed by atoms with Gasteiger partial charge in [0.05, 0.1) is 10.9 Å². The van der Waals surface area contributed by atoms with E-state index in [1.54, 1.807) is 4.90 Å². The molecule has 2 aromatic rings. The van der Waals surface area contributed by atoms with Crippen LogP contribution in [0, 0.1) is 6.92 Å². The Labute approximate surface area is 144 Å². The molecular formula is C18H17ClFNOS. The van der Waals surface area contributed by atoms with Crippen molar-refractivity contribution in [2.45, 2.75) is 19.4 Å². The number of halogens is 2. The van der Waals surface area contributed by atoms with E-state index in [2.05, 4.69) is 19.1 Å². The summed E-state index contributed by atoms with van der Waals surface area (Å²) in [6, 6.07) is 10.2. The van der Waals surface area contributed by atoms with E-state index in [1.807, 2.05) is 18.2 Å². The second-order valence-electron chi connectivity index (χ2n) is 5.61. The summed E-state index contributed by atoms with van der Waals surface area (Å²) in [6.07, 6.45) is 2.57. The molecule has 1 aliphatic heterocycles. The lowest BCUT2D eigenvalue weighted by Gasteiger charge is -2.33. The molecule has 0 saturated heterocycles. The zero-order valence-corrected chi connectivity index (χ0v) is 14.3. The number of carbonyl (C=O) groups is 1. The molecule has 0 aliphatic carbocycles. The van der Waals surface area contributed by atoms with Crippen LogP contribution in [0.1, 0.15) is 27.5 Å². The zero-order chi connectivity index (χ0) is 16.4. The van der Waals surface area contributed by atoms with Crippen molar-refractivity contribution >= 4 is 28.8 Å². The van der Waals surface area contributed by atoms with Crippen LogP contribution in [0.4, 0.5) is 4.39 Å². The van der Waals surface area contributed by atoms with E-state index in [4.69, 9.17) is 11.6 Å². The first kappa shape index (κ1) is 16.2. The Balaban J connectivity index is 1.99. The maximum atomic E-state index is 12.3. The first-order chi connectivity index (χ1) is 11.1. The standard InChI is InChI=1S/C18H17ClFNOS/c1-12-5-2-3-6-13(12)15-10-21(18(22)7-4-8-20)11-16-14(15)9-17(19)23-16/h2-7,9,15H,8,10-11H2,1H3. The summed E-state index contributed by atoms with van der Waals surface area (Å²) in [4.78, 5) is 15.1. The van der Waals surface area contributed by atoms with Gasteiger partial charge in [0.1, 0.15) is 6.67 Å². The Morgan fingerprint density at radius 2 is 2.22 bits per heavy atom. The number of aryl methyl sites for hydroxylation is 1. The molecule has 1 aliphatic rings. The third kappa shape index (κ3) is 3.33. The molecule has 0 fully saturated rings. The first-order valence-corrected chi connectivity index (χ1v) is 8.64. The molecule has 1 unspecified atom stereocenters. The van der Waals surface area contributed by atoms with Crippen molar-refractivity contribution in [2.75, 3.05) is 13.2 Å². The van der Waals surface area contributed by atoms with Crippen molar-refractivity contribution < 1.29 is 9.18 Å². The van der Waals surface area contributed by atoms with E-state index in [9.17, 15) is 9.18 Å². The van der Waals surface area contributed by atoms with Crippen molar-refractivity contribution in [2.24, 2.45) is 0 Å². The summed E-state index contributed by atoms with van der Waals surface area (Å²) in [5.74, 6) is -0.0529. The average Bonchev–Trinajstić information content (AvgIpc) is 2.92. The summed E-state index contributed by atoms with van der Waals surface area (Å²) >= 11 is 7.72. The van der Waals surface area contributed by atoms with E-state index in [0.29, 0.717) is 13.1 Å². The van der Waals surface area contributed by atoms with Gasteiger partial charge in [-0.15, -0.1) is 11.3 Å². The monoisotopic (exact) mass is 349 g/mol. The minimum absolute atomic E-state index is 0.103. The highest BCUT2D eigenvalue weighted by molar-refractivity contribution is 7.16. The number of hydrogen-bond acceptors (Lipinski definition) is 2. The molecule has 0 saturated carbocycles. The molecule has 23 heavy (non-hydrogen) atoms. The second kappa shape index (κ2) is 6.85. The summed E-state index contributed by atoms with van der Waals surface area (Å²) in [6.45, 7) is 2.56. The summed E-state index contributed by atoms with van der Waals surface area (Å²) in [7, 11) is 0. The molecule has 0 N–H and O–H groups in total. The number of thiophene rings is 1. The molecule has 1 atom stereocenters. The van der Waals surface area contributed by atoms with Crippen molar-refractivity contribution in [1.29, 1.82) is 0 Å². The van der Waals surface area contributed by atoms with Crippen molar-refractivity contribution in [3.63, 3.8) is 0 Å². The fourth-order valence-corrected chi connectivity index (χ4v) is 4.40. The summed E-state index contributed by atoms with van der Waals surface area (Å²) in [5.41, 5.74) is 3.60. The number of nitrogens with zero attached hydrogens (tertiary/aromatic N) is 1. The number of rotatable bonds is 3. The van der Waals surface area contributed by atoms with Crippen LogP contribution in [-0.2, 0) is 11.3 Å². The zero-order valence-electron chi connectivity index (χ0n) is 12.8. The topological polar surface area (TPSA) is 20.3 Å². The highest BCUT2D eigenvalue weighted by atomic mass is 35.5. The summed E-state index contributed by atoms with van der Waals surface area (Å²) in [5, 5.41) is 0. The van der Waals surface area contributed by atoms with Gasteiger partial charge in [-0.05, 0) is 35.8 Å². The number of benzene rings is 1. The van der Waals surface area contributed by atoms with Crippen LogP contribution in [-0.4, -0.2) is 24.0 Å². The van der Waals surface area contributed by atoms with Gasteiger partial charge in [-0.3, -0.25) is 4.79 Å². The molecule has 1 amide bonds. The van der Waals surface area contributed by atoms with Gasteiger partial charge in [0.2, 0.25) is 5.91 Å². The quantitative estimate of drug-likeness (QED) is 0.735. The molecule has 1 aromatic heterocycles. The molecule has 3 rings (SSSR count). The Hall–Kier alpha value is -1.65. The van der Waals surface area contributed by atoms with E-state index in [0.717, 1.165) is 9.21 Å². The van der Waals surface area contributed by atoms with Crippen LogP contribution in [0.15, 0.2) is 42.5 Å². The van der Waals surface area contributed by atoms with Crippen LogP contribution in [0.5, 0.6) is 0 Å². The number of amides is 1. The van der Waals surface area contributed by atoms with Crippen LogP contribution < -0.4 is 0 Å². The van der Waals surface area contributed by atoms with E-state index in [1.165, 1.54) is 40.2 Å². The number of carbonyl (C=O) groups excluding carboxylic acids is 1. The fraction of sp³-hybridized carbons (Fsp3) is 0.278. The molecular weight excluding hydrogens is 333 g/mol. The molecule has 1 aromatic carbocycles. The minimum atomic E-state index is -0.628. The Morgan fingerprint density at radius 3 is 2.96 bits per heavy atom. The fourth-order valence-electron chi connectivity index (χ4n) is 3.05. The van der Waals surface area contributed by atoms with Gasteiger partial charge >= 0.3 is 0 Å². The van der Waals surface area contributed by atoms with Gasteiger partial charge in [0.25, 0.3) is 0 Å². The highest BCUT2D eigenvalue weighted by Gasteiger charge is 2.30. The van der Waals surface area contributed by atoms with Gasteiger partial charge in [-0.2, -0.15) is 0 Å². The van der Waals surface area contributed by atoms with Crippen LogP contribution in [0.3, 0.4) is 0 Å². The van der Waals surface area contributed by atoms with Gasteiger partial charge in [0.15, 0.2) is 0 Å². The number of hydrogen-bond donors (Lipinski definition) is 0. The van der Waals surface area contributed by atoms with Crippen LogP contribution >= 0.6 is 22.9 Å². The lowest BCUT2D eigenvalue weighted by Crippen LogP contribution is -2.37. The van der Waals surface area contributed by atoms with Gasteiger partial charge in [-0.1, -0.05) is 35.9 Å². The van der Waals surface area contributed by atoms with Crippen molar-refractivity contribution in [1.82, 2.24) is 4.90 Å². The minimum Gasteiger partial charge on any atom is -0.333 e. The molecule has 0 bridgehead atoms. The maximum absolute atomic E-state index is 12.3. The molecule has 120 valence electrons. The highest BCUT2D eigenvalue weighted by Crippen LogP contribution is 2.40. The van der Waals surface area contributed by atoms with E-state index >= 15 is 0 Å². The largest absolute Gasteiger partial charge is 0.333 e.